The van der Waals surface area contributed by atoms with E-state index in [4.69, 9.17) is 11.6 Å². The highest BCUT2D eigenvalue weighted by Gasteiger charge is 2.35. The molecule has 0 unspecified atom stereocenters. The van der Waals surface area contributed by atoms with Gasteiger partial charge >= 0.3 is 0 Å². The number of allylic oxidation sites excluding steroid dienone is 1. The summed E-state index contributed by atoms with van der Waals surface area (Å²) in [5, 5.41) is 0.377. The summed E-state index contributed by atoms with van der Waals surface area (Å²) in [5.41, 5.74) is 6.46. The molecule has 2 aromatic rings. The molecule has 2 aromatic carbocycles. The summed E-state index contributed by atoms with van der Waals surface area (Å²) in [6.07, 6.45) is 4.14. The summed E-state index contributed by atoms with van der Waals surface area (Å²) in [6.45, 7) is 12.0. The van der Waals surface area contributed by atoms with Crippen molar-refractivity contribution in [3.8, 4) is 0 Å². The molecule has 0 aliphatic carbocycles. The van der Waals surface area contributed by atoms with Crippen molar-refractivity contribution < 1.29 is 9.59 Å². The van der Waals surface area contributed by atoms with Crippen LogP contribution in [0.15, 0.2) is 47.4 Å². The van der Waals surface area contributed by atoms with Crippen molar-refractivity contribution in [1.29, 1.82) is 0 Å². The molecular weight excluding hydrogens is 440 g/mol. The first kappa shape index (κ1) is 22.7. The molecule has 0 bridgehead atoms. The fourth-order valence-electron chi connectivity index (χ4n) is 4.53. The maximum absolute atomic E-state index is 13.0. The van der Waals surface area contributed by atoms with Crippen LogP contribution in [0.1, 0.15) is 49.9 Å². The molecule has 0 aromatic heterocycles. The zero-order valence-corrected chi connectivity index (χ0v) is 20.6. The van der Waals surface area contributed by atoms with E-state index in [0.29, 0.717) is 9.93 Å². The molecule has 0 spiro atoms. The SMILES string of the molecule is CCN1c2cc(C)c(/C=C3/SC(=O)N(Cc4ccc(Cl)cc4)C3=O)cc2C(C)=CC1(C)C. The Kier molecular flexibility index (Phi) is 5.99. The topological polar surface area (TPSA) is 40.6 Å². The highest BCUT2D eigenvalue weighted by molar-refractivity contribution is 8.18. The van der Waals surface area contributed by atoms with E-state index in [1.165, 1.54) is 21.7 Å². The van der Waals surface area contributed by atoms with Gasteiger partial charge in [0.15, 0.2) is 0 Å². The van der Waals surface area contributed by atoms with Gasteiger partial charge in [0.25, 0.3) is 11.1 Å². The molecule has 0 N–H and O–H groups in total. The van der Waals surface area contributed by atoms with Gasteiger partial charge in [-0.25, -0.2) is 0 Å². The number of carbonyl (C=O) groups excluding carboxylic acids is 2. The first-order valence-corrected chi connectivity index (χ1v) is 11.9. The molecule has 2 aliphatic heterocycles. The highest BCUT2D eigenvalue weighted by atomic mass is 35.5. The minimum Gasteiger partial charge on any atom is -0.363 e. The summed E-state index contributed by atoms with van der Waals surface area (Å²) in [7, 11) is 0. The van der Waals surface area contributed by atoms with E-state index < -0.39 is 0 Å². The number of carbonyl (C=O) groups is 2. The lowest BCUT2D eigenvalue weighted by Crippen LogP contribution is -2.44. The van der Waals surface area contributed by atoms with Gasteiger partial charge in [-0.2, -0.15) is 0 Å². The van der Waals surface area contributed by atoms with Gasteiger partial charge < -0.3 is 4.90 Å². The van der Waals surface area contributed by atoms with Crippen LogP contribution >= 0.6 is 23.4 Å². The lowest BCUT2D eigenvalue weighted by Gasteiger charge is -2.43. The Morgan fingerprint density at radius 3 is 2.44 bits per heavy atom. The molecular formula is C26H27ClN2O2S. The van der Waals surface area contributed by atoms with E-state index in [9.17, 15) is 9.59 Å². The molecule has 6 heteroatoms. The van der Waals surface area contributed by atoms with Gasteiger partial charge in [0.2, 0.25) is 0 Å². The fourth-order valence-corrected chi connectivity index (χ4v) is 5.48. The summed E-state index contributed by atoms with van der Waals surface area (Å²) < 4.78 is 0. The van der Waals surface area contributed by atoms with Crippen LogP contribution in [0.3, 0.4) is 0 Å². The number of anilines is 1. The van der Waals surface area contributed by atoms with Gasteiger partial charge in [-0.1, -0.05) is 29.8 Å². The van der Waals surface area contributed by atoms with Crippen molar-refractivity contribution in [3.05, 3.63) is 74.7 Å². The van der Waals surface area contributed by atoms with Crippen LogP contribution < -0.4 is 4.90 Å². The molecule has 2 amide bonds. The Morgan fingerprint density at radius 1 is 1.09 bits per heavy atom. The number of aryl methyl sites for hydroxylation is 1. The second kappa shape index (κ2) is 8.45. The van der Waals surface area contributed by atoms with Gasteiger partial charge in [-0.3, -0.25) is 14.5 Å². The van der Waals surface area contributed by atoms with Gasteiger partial charge in [-0.15, -0.1) is 0 Å². The van der Waals surface area contributed by atoms with Crippen LogP contribution in [0.25, 0.3) is 11.6 Å². The van der Waals surface area contributed by atoms with Crippen molar-refractivity contribution in [2.75, 3.05) is 11.4 Å². The third-order valence-electron chi connectivity index (χ3n) is 6.10. The monoisotopic (exact) mass is 466 g/mol. The Morgan fingerprint density at radius 2 is 1.78 bits per heavy atom. The lowest BCUT2D eigenvalue weighted by atomic mass is 9.87. The number of nitrogens with zero attached hydrogens (tertiary/aromatic N) is 2. The van der Waals surface area contributed by atoms with Gasteiger partial charge in [0.1, 0.15) is 0 Å². The van der Waals surface area contributed by atoms with Gasteiger partial charge in [-0.05, 0) is 99.0 Å². The van der Waals surface area contributed by atoms with Gasteiger partial charge in [0.05, 0.1) is 17.0 Å². The second-order valence-electron chi connectivity index (χ2n) is 8.85. The van der Waals surface area contributed by atoms with E-state index in [-0.39, 0.29) is 23.2 Å². The van der Waals surface area contributed by atoms with Crippen molar-refractivity contribution in [1.82, 2.24) is 4.90 Å². The molecule has 0 radical (unpaired) electrons. The van der Waals surface area contributed by atoms with Crippen LogP contribution in [0, 0.1) is 6.92 Å². The number of benzene rings is 2. The standard InChI is InChI=1S/C26H27ClN2O2S/c1-6-29-22-11-16(2)19(12-21(22)17(3)14-26(29,4)5)13-23-24(30)28(25(31)32-23)15-18-7-9-20(27)10-8-18/h7-14H,6,15H2,1-5H3/b23-13+. The van der Waals surface area contributed by atoms with Crippen LogP contribution in [0.5, 0.6) is 0 Å². The third-order valence-corrected chi connectivity index (χ3v) is 7.26. The number of halogens is 1. The lowest BCUT2D eigenvalue weighted by molar-refractivity contribution is -0.123. The maximum atomic E-state index is 13.0. The van der Waals surface area contributed by atoms with Crippen molar-refractivity contribution in [3.63, 3.8) is 0 Å². The van der Waals surface area contributed by atoms with E-state index in [1.54, 1.807) is 12.1 Å². The molecule has 2 heterocycles. The molecule has 4 nitrogen and oxygen atoms in total. The van der Waals surface area contributed by atoms with E-state index in [1.807, 2.05) is 18.2 Å². The predicted molar refractivity (Wildman–Crippen MR) is 135 cm³/mol. The fraction of sp³-hybridized carbons (Fsp3) is 0.308. The molecule has 32 heavy (non-hydrogen) atoms. The summed E-state index contributed by atoms with van der Waals surface area (Å²) in [4.78, 5) is 29.7. The number of hydrogen-bond donors (Lipinski definition) is 0. The van der Waals surface area contributed by atoms with E-state index >= 15 is 0 Å². The average Bonchev–Trinajstić information content (AvgIpc) is 2.98. The smallest absolute Gasteiger partial charge is 0.293 e. The van der Waals surface area contributed by atoms with Crippen LogP contribution in [0.4, 0.5) is 10.5 Å². The number of imide groups is 1. The Balaban J connectivity index is 1.66. The molecule has 1 saturated heterocycles. The summed E-state index contributed by atoms with van der Waals surface area (Å²) >= 11 is 6.94. The Labute approximate surface area is 198 Å². The third kappa shape index (κ3) is 4.12. The Hall–Kier alpha value is -2.50. The first-order valence-electron chi connectivity index (χ1n) is 10.7. The number of amides is 2. The highest BCUT2D eigenvalue weighted by Crippen LogP contribution is 2.41. The van der Waals surface area contributed by atoms with Crippen molar-refractivity contribution in [2.45, 2.75) is 46.7 Å². The zero-order valence-electron chi connectivity index (χ0n) is 19.0. The molecule has 0 saturated carbocycles. The predicted octanol–water partition coefficient (Wildman–Crippen LogP) is 6.91. The second-order valence-corrected chi connectivity index (χ2v) is 10.3. The molecule has 2 aliphatic rings. The Bertz CT molecular complexity index is 1170. The van der Waals surface area contributed by atoms with Crippen LogP contribution in [-0.4, -0.2) is 28.1 Å². The van der Waals surface area contributed by atoms with Gasteiger partial charge in [0, 0.05) is 22.8 Å². The molecule has 0 atom stereocenters. The maximum Gasteiger partial charge on any atom is 0.293 e. The largest absolute Gasteiger partial charge is 0.363 e. The number of thioether (sulfide) groups is 1. The van der Waals surface area contributed by atoms with E-state index in [0.717, 1.165) is 35.0 Å². The van der Waals surface area contributed by atoms with Crippen molar-refractivity contribution in [2.24, 2.45) is 0 Å². The molecule has 1 fully saturated rings. The van der Waals surface area contributed by atoms with Crippen LogP contribution in [-0.2, 0) is 11.3 Å². The number of rotatable bonds is 4. The number of likely N-dealkylation sites (N-methyl/N-ethyl adjacent to an activating group) is 1. The normalized spacial score (nSPS) is 18.9. The minimum atomic E-state index is -0.254. The summed E-state index contributed by atoms with van der Waals surface area (Å²) in [5.74, 6) is -0.254. The minimum absolute atomic E-state index is 0.0515. The number of hydrogen-bond acceptors (Lipinski definition) is 4. The van der Waals surface area contributed by atoms with Crippen molar-refractivity contribution >= 4 is 51.8 Å². The van der Waals surface area contributed by atoms with Crippen LogP contribution in [0.2, 0.25) is 5.02 Å². The molecule has 4 rings (SSSR count). The average molecular weight is 467 g/mol. The summed E-state index contributed by atoms with van der Waals surface area (Å²) in [6, 6.07) is 11.5. The number of fused-ring (bicyclic) bond motifs is 1. The quantitative estimate of drug-likeness (QED) is 0.459. The van der Waals surface area contributed by atoms with E-state index in [2.05, 4.69) is 57.7 Å². The first-order chi connectivity index (χ1) is 15.1. The zero-order chi connectivity index (χ0) is 23.2. The molecule has 166 valence electrons.